The number of rotatable bonds is 2. The zero-order valence-electron chi connectivity index (χ0n) is 15.6. The van der Waals surface area contributed by atoms with E-state index in [9.17, 15) is 9.18 Å². The zero-order valence-corrected chi connectivity index (χ0v) is 15.6. The summed E-state index contributed by atoms with van der Waals surface area (Å²) in [5.74, 6) is 0.412. The van der Waals surface area contributed by atoms with Crippen LogP contribution < -0.4 is 9.80 Å². The van der Waals surface area contributed by atoms with Crippen LogP contribution in [0, 0.1) is 25.1 Å². The van der Waals surface area contributed by atoms with Crippen LogP contribution in [0.5, 0.6) is 0 Å². The van der Waals surface area contributed by atoms with E-state index in [1.165, 1.54) is 12.1 Å². The van der Waals surface area contributed by atoms with Gasteiger partial charge in [0.1, 0.15) is 5.82 Å². The van der Waals surface area contributed by atoms with E-state index in [2.05, 4.69) is 14.9 Å². The Bertz CT molecular complexity index is 837. The van der Waals surface area contributed by atoms with Crippen LogP contribution in [0.1, 0.15) is 17.8 Å². The zero-order chi connectivity index (χ0) is 19.0. The van der Waals surface area contributed by atoms with Crippen LogP contribution in [0.25, 0.3) is 0 Å². The summed E-state index contributed by atoms with van der Waals surface area (Å²) in [5, 5.41) is 0. The van der Waals surface area contributed by atoms with Gasteiger partial charge < -0.3 is 14.5 Å². The third-order valence-electron chi connectivity index (χ3n) is 5.15. The number of nitrogens with zero attached hydrogens (tertiary/aromatic N) is 4. The van der Waals surface area contributed by atoms with Crippen molar-refractivity contribution in [3.63, 3.8) is 0 Å². The molecular weight excluding hydrogens is 347 g/mol. The molecule has 3 heterocycles. The SMILES string of the molecule is Cc1cc(C)nc(N2CCOC[C@]3(CC(=O)N(c4ccc(F)cc4)C3)C2)n1. The Hall–Kier alpha value is -2.54. The highest BCUT2D eigenvalue weighted by atomic mass is 19.1. The molecule has 2 aromatic rings. The van der Waals surface area contributed by atoms with E-state index < -0.39 is 0 Å². The molecule has 1 amide bonds. The number of amides is 1. The number of halogens is 1. The number of ether oxygens (including phenoxy) is 1. The summed E-state index contributed by atoms with van der Waals surface area (Å²) in [6.45, 7) is 6.88. The van der Waals surface area contributed by atoms with Gasteiger partial charge >= 0.3 is 0 Å². The lowest BCUT2D eigenvalue weighted by Crippen LogP contribution is -2.41. The van der Waals surface area contributed by atoms with Gasteiger partial charge in [-0.2, -0.15) is 0 Å². The molecule has 6 nitrogen and oxygen atoms in total. The van der Waals surface area contributed by atoms with E-state index in [1.54, 1.807) is 17.0 Å². The number of carbonyl (C=O) groups is 1. The fourth-order valence-corrected chi connectivity index (χ4v) is 3.97. The molecule has 0 unspecified atom stereocenters. The van der Waals surface area contributed by atoms with Crippen molar-refractivity contribution in [2.24, 2.45) is 5.41 Å². The molecule has 2 aliphatic rings. The molecule has 1 aromatic heterocycles. The second-order valence-corrected chi connectivity index (χ2v) is 7.56. The fraction of sp³-hybridized carbons (Fsp3) is 0.450. The van der Waals surface area contributed by atoms with Crippen LogP contribution in [0.15, 0.2) is 30.3 Å². The summed E-state index contributed by atoms with van der Waals surface area (Å²) in [6.07, 6.45) is 0.395. The normalized spacial score (nSPS) is 23.1. The van der Waals surface area contributed by atoms with Gasteiger partial charge in [-0.15, -0.1) is 0 Å². The number of carbonyl (C=O) groups excluding carboxylic acids is 1. The molecule has 2 fully saturated rings. The number of benzene rings is 1. The third-order valence-corrected chi connectivity index (χ3v) is 5.15. The van der Waals surface area contributed by atoms with E-state index in [-0.39, 0.29) is 17.1 Å². The van der Waals surface area contributed by atoms with Crippen molar-refractivity contribution >= 4 is 17.5 Å². The quantitative estimate of drug-likeness (QED) is 0.813. The van der Waals surface area contributed by atoms with E-state index in [0.29, 0.717) is 45.2 Å². The van der Waals surface area contributed by atoms with E-state index in [4.69, 9.17) is 4.74 Å². The molecule has 4 rings (SSSR count). The third kappa shape index (κ3) is 3.64. The molecule has 1 atom stereocenters. The molecule has 2 saturated heterocycles. The summed E-state index contributed by atoms with van der Waals surface area (Å²) in [5.41, 5.74) is 2.24. The highest BCUT2D eigenvalue weighted by molar-refractivity contribution is 5.96. The summed E-state index contributed by atoms with van der Waals surface area (Å²) in [7, 11) is 0. The molecule has 1 spiro atoms. The topological polar surface area (TPSA) is 58.6 Å². The van der Waals surface area contributed by atoms with Gasteiger partial charge in [0.2, 0.25) is 11.9 Å². The van der Waals surface area contributed by atoms with Gasteiger partial charge in [0.15, 0.2) is 0 Å². The molecule has 0 N–H and O–H groups in total. The summed E-state index contributed by atoms with van der Waals surface area (Å²) >= 11 is 0. The van der Waals surface area contributed by atoms with Crippen LogP contribution in [-0.4, -0.2) is 48.7 Å². The predicted molar refractivity (Wildman–Crippen MR) is 100 cm³/mol. The number of hydrogen-bond donors (Lipinski definition) is 0. The first kappa shape index (κ1) is 17.9. The first-order chi connectivity index (χ1) is 12.9. The Balaban J connectivity index is 1.60. The highest BCUT2D eigenvalue weighted by Gasteiger charge is 2.46. The largest absolute Gasteiger partial charge is 0.379 e. The lowest BCUT2D eigenvalue weighted by Gasteiger charge is -2.31. The molecule has 7 heteroatoms. The van der Waals surface area contributed by atoms with Gasteiger partial charge in [-0.25, -0.2) is 14.4 Å². The standard InChI is InChI=1S/C20H23FN4O2/c1-14-9-15(2)23-19(22-14)24-7-8-27-13-20(11-24)10-18(26)25(12-20)17-5-3-16(21)4-6-17/h3-6,9H,7-8,10-13H2,1-2H3/t20-/m1/s1. The molecule has 142 valence electrons. The Morgan fingerprint density at radius 1 is 1.11 bits per heavy atom. The molecule has 27 heavy (non-hydrogen) atoms. The highest BCUT2D eigenvalue weighted by Crippen LogP contribution is 2.37. The maximum absolute atomic E-state index is 13.2. The summed E-state index contributed by atoms with van der Waals surface area (Å²) in [4.78, 5) is 25.7. The Morgan fingerprint density at radius 2 is 1.81 bits per heavy atom. The molecule has 0 saturated carbocycles. The summed E-state index contributed by atoms with van der Waals surface area (Å²) in [6, 6.07) is 8.01. The maximum Gasteiger partial charge on any atom is 0.227 e. The van der Waals surface area contributed by atoms with E-state index in [1.807, 2.05) is 19.9 Å². The molecule has 0 radical (unpaired) electrons. The second-order valence-electron chi connectivity index (χ2n) is 7.56. The Morgan fingerprint density at radius 3 is 2.52 bits per heavy atom. The van der Waals surface area contributed by atoms with Gasteiger partial charge in [-0.3, -0.25) is 4.79 Å². The van der Waals surface area contributed by atoms with Crippen LogP contribution >= 0.6 is 0 Å². The first-order valence-electron chi connectivity index (χ1n) is 9.15. The van der Waals surface area contributed by atoms with Crippen molar-refractivity contribution in [1.82, 2.24) is 9.97 Å². The molecular formula is C20H23FN4O2. The molecule has 0 bridgehead atoms. The van der Waals surface area contributed by atoms with Gasteiger partial charge in [0, 0.05) is 48.5 Å². The van der Waals surface area contributed by atoms with Crippen molar-refractivity contribution in [1.29, 1.82) is 0 Å². The smallest absolute Gasteiger partial charge is 0.227 e. The number of aryl methyl sites for hydroxylation is 2. The predicted octanol–water partition coefficient (Wildman–Crippen LogP) is 2.49. The average Bonchev–Trinajstić information content (AvgIpc) is 2.80. The van der Waals surface area contributed by atoms with E-state index >= 15 is 0 Å². The maximum atomic E-state index is 13.2. The van der Waals surface area contributed by atoms with Crippen molar-refractivity contribution in [2.75, 3.05) is 42.6 Å². The van der Waals surface area contributed by atoms with Gasteiger partial charge in [-0.1, -0.05) is 0 Å². The monoisotopic (exact) mass is 370 g/mol. The molecule has 0 aliphatic carbocycles. The van der Waals surface area contributed by atoms with Crippen LogP contribution in [0.2, 0.25) is 0 Å². The number of hydrogen-bond acceptors (Lipinski definition) is 5. The minimum absolute atomic E-state index is 0.0356. The van der Waals surface area contributed by atoms with Gasteiger partial charge in [0.25, 0.3) is 0 Å². The first-order valence-corrected chi connectivity index (χ1v) is 9.15. The molecule has 1 aromatic carbocycles. The average molecular weight is 370 g/mol. The second kappa shape index (κ2) is 6.88. The fourth-order valence-electron chi connectivity index (χ4n) is 3.97. The summed E-state index contributed by atoms with van der Waals surface area (Å²) < 4.78 is 19.1. The minimum Gasteiger partial charge on any atom is -0.379 e. The van der Waals surface area contributed by atoms with Gasteiger partial charge in [-0.05, 0) is 44.2 Å². The van der Waals surface area contributed by atoms with Gasteiger partial charge in [0.05, 0.1) is 13.2 Å². The molecule has 2 aliphatic heterocycles. The minimum atomic E-state index is -0.330. The van der Waals surface area contributed by atoms with Crippen LogP contribution in [0.4, 0.5) is 16.0 Å². The lowest BCUT2D eigenvalue weighted by molar-refractivity contribution is -0.118. The van der Waals surface area contributed by atoms with Crippen molar-refractivity contribution in [3.05, 3.63) is 47.5 Å². The van der Waals surface area contributed by atoms with Crippen molar-refractivity contribution in [2.45, 2.75) is 20.3 Å². The van der Waals surface area contributed by atoms with Crippen LogP contribution in [0.3, 0.4) is 0 Å². The number of anilines is 2. The Labute approximate surface area is 158 Å². The van der Waals surface area contributed by atoms with Crippen molar-refractivity contribution < 1.29 is 13.9 Å². The number of aromatic nitrogens is 2. The lowest BCUT2D eigenvalue weighted by atomic mass is 9.87. The van der Waals surface area contributed by atoms with Crippen molar-refractivity contribution in [3.8, 4) is 0 Å². The van der Waals surface area contributed by atoms with E-state index in [0.717, 1.165) is 17.1 Å². The van der Waals surface area contributed by atoms with Crippen LogP contribution in [-0.2, 0) is 9.53 Å². The Kier molecular flexibility index (Phi) is 4.55.